The van der Waals surface area contributed by atoms with Crippen molar-refractivity contribution in [3.63, 3.8) is 0 Å². The number of benzene rings is 7. The second-order valence-corrected chi connectivity index (χ2v) is 18.8. The standard InChI is InChI=1S/C60H56N4O/c1-38-15-12-16-39(2)58(38)46-31-45(32-47(33-46)59-40(3)17-13-18-41(59)4)44-23-25-49(26-24-44)62-37-63(43(6)42(62)5)50-19-14-20-51(35-50)65-52-27-28-54-53-21-10-11-22-55(53)64(56(54)36-52)57-34-48(29-30-61-57)60(7,8)9/h10-36H,37H2,1-9H3. The van der Waals surface area contributed by atoms with Gasteiger partial charge in [-0.15, -0.1) is 0 Å². The molecule has 1 aliphatic rings. The molecule has 0 atom stereocenters. The van der Waals surface area contributed by atoms with Gasteiger partial charge in [0.1, 0.15) is 17.3 Å². The van der Waals surface area contributed by atoms with Crippen LogP contribution in [0.3, 0.4) is 0 Å². The van der Waals surface area contributed by atoms with E-state index in [1.165, 1.54) is 83.4 Å². The van der Waals surface area contributed by atoms with E-state index in [-0.39, 0.29) is 5.41 Å². The highest BCUT2D eigenvalue weighted by atomic mass is 16.5. The quantitative estimate of drug-likeness (QED) is 0.153. The number of nitrogens with zero attached hydrogens (tertiary/aromatic N) is 4. The second kappa shape index (κ2) is 16.3. The van der Waals surface area contributed by atoms with Crippen molar-refractivity contribution in [2.75, 3.05) is 16.5 Å². The van der Waals surface area contributed by atoms with Crippen molar-refractivity contribution in [3.8, 4) is 50.7 Å². The van der Waals surface area contributed by atoms with E-state index in [2.05, 4.69) is 228 Å². The number of rotatable bonds is 8. The molecule has 2 aromatic heterocycles. The maximum Gasteiger partial charge on any atom is 0.137 e. The van der Waals surface area contributed by atoms with Crippen molar-refractivity contribution < 1.29 is 4.74 Å². The number of ether oxygens (including phenoxy) is 1. The van der Waals surface area contributed by atoms with Crippen LogP contribution in [0.15, 0.2) is 175 Å². The van der Waals surface area contributed by atoms with Crippen LogP contribution in [0.25, 0.3) is 61.0 Å². The number of anilines is 2. The molecule has 0 N–H and O–H groups in total. The van der Waals surface area contributed by atoms with Gasteiger partial charge in [-0.25, -0.2) is 4.98 Å². The van der Waals surface area contributed by atoms with E-state index < -0.39 is 0 Å². The third kappa shape index (κ3) is 7.65. The van der Waals surface area contributed by atoms with Gasteiger partial charge in [-0.1, -0.05) is 93.6 Å². The van der Waals surface area contributed by atoms with Gasteiger partial charge < -0.3 is 14.5 Å². The second-order valence-electron chi connectivity index (χ2n) is 18.8. The molecule has 0 spiro atoms. The van der Waals surface area contributed by atoms with E-state index in [1.807, 2.05) is 12.3 Å². The Kier molecular flexibility index (Phi) is 10.5. The lowest BCUT2D eigenvalue weighted by atomic mass is 9.87. The van der Waals surface area contributed by atoms with Crippen molar-refractivity contribution in [2.45, 2.75) is 67.7 Å². The highest BCUT2D eigenvalue weighted by molar-refractivity contribution is 6.09. The van der Waals surface area contributed by atoms with Gasteiger partial charge in [-0.05, 0) is 181 Å². The van der Waals surface area contributed by atoms with Crippen molar-refractivity contribution in [2.24, 2.45) is 0 Å². The lowest BCUT2D eigenvalue weighted by molar-refractivity contribution is 0.483. The van der Waals surface area contributed by atoms with E-state index in [1.54, 1.807) is 0 Å². The topological polar surface area (TPSA) is 33.5 Å². The van der Waals surface area contributed by atoms with Gasteiger partial charge in [0.25, 0.3) is 0 Å². The number of hydrogen-bond acceptors (Lipinski definition) is 4. The minimum absolute atomic E-state index is 0.000157. The lowest BCUT2D eigenvalue weighted by Crippen LogP contribution is -2.27. The normalized spacial score (nSPS) is 13.1. The zero-order chi connectivity index (χ0) is 45.1. The molecular weight excluding hydrogens is 793 g/mol. The largest absolute Gasteiger partial charge is 0.457 e. The third-order valence-corrected chi connectivity index (χ3v) is 13.5. The molecule has 7 aromatic carbocycles. The van der Waals surface area contributed by atoms with Crippen molar-refractivity contribution in [1.82, 2.24) is 9.55 Å². The van der Waals surface area contributed by atoms with E-state index in [4.69, 9.17) is 9.72 Å². The summed E-state index contributed by atoms with van der Waals surface area (Å²) in [6.07, 6.45) is 1.92. The maximum atomic E-state index is 6.69. The zero-order valence-corrected chi connectivity index (χ0v) is 39.0. The Labute approximate surface area is 383 Å². The molecule has 1 aliphatic heterocycles. The van der Waals surface area contributed by atoms with E-state index in [0.29, 0.717) is 6.67 Å². The van der Waals surface area contributed by atoms with Crippen molar-refractivity contribution in [3.05, 3.63) is 203 Å². The molecule has 65 heavy (non-hydrogen) atoms. The molecule has 5 nitrogen and oxygen atoms in total. The summed E-state index contributed by atoms with van der Waals surface area (Å²) in [4.78, 5) is 9.64. The number of aromatic nitrogens is 2. The molecule has 10 rings (SSSR count). The van der Waals surface area contributed by atoms with E-state index in [9.17, 15) is 0 Å². The molecule has 0 amide bonds. The number of aryl methyl sites for hydroxylation is 4. The Morgan fingerprint density at radius 2 is 1.03 bits per heavy atom. The average molecular weight is 849 g/mol. The van der Waals surface area contributed by atoms with Crippen LogP contribution in [0, 0.1) is 27.7 Å². The summed E-state index contributed by atoms with van der Waals surface area (Å²) in [5.41, 5.74) is 20.8. The highest BCUT2D eigenvalue weighted by Crippen LogP contribution is 2.41. The van der Waals surface area contributed by atoms with Gasteiger partial charge in [0, 0.05) is 51.9 Å². The Balaban J connectivity index is 0.931. The van der Waals surface area contributed by atoms with Gasteiger partial charge in [-0.3, -0.25) is 4.57 Å². The van der Waals surface area contributed by atoms with Crippen LogP contribution in [-0.2, 0) is 5.41 Å². The Morgan fingerprint density at radius 1 is 0.462 bits per heavy atom. The summed E-state index contributed by atoms with van der Waals surface area (Å²) < 4.78 is 8.95. The summed E-state index contributed by atoms with van der Waals surface area (Å²) >= 11 is 0. The summed E-state index contributed by atoms with van der Waals surface area (Å²) in [7, 11) is 0. The first-order valence-electron chi connectivity index (χ1n) is 22.7. The fraction of sp³-hybridized carbons (Fsp3) is 0.183. The molecule has 3 heterocycles. The average Bonchev–Trinajstić information content (AvgIpc) is 3.78. The Morgan fingerprint density at radius 3 is 1.68 bits per heavy atom. The first kappa shape index (κ1) is 41.6. The van der Waals surface area contributed by atoms with Gasteiger partial charge in [0.2, 0.25) is 0 Å². The molecule has 0 unspecified atom stereocenters. The SMILES string of the molecule is CC1=C(C)N(c2cccc(Oc3ccc4c5ccccc5n(-c5cc(C(C)(C)C)ccn5)c4c3)c2)CN1c1ccc(-c2cc(-c3c(C)cccc3C)cc(-c3c(C)cccc3C)c2)cc1. The van der Waals surface area contributed by atoms with Crippen LogP contribution in [-0.4, -0.2) is 16.2 Å². The van der Waals surface area contributed by atoms with Gasteiger partial charge in [0.05, 0.1) is 17.7 Å². The molecule has 5 heteroatoms. The van der Waals surface area contributed by atoms with Crippen molar-refractivity contribution >= 4 is 33.2 Å². The molecule has 9 aromatic rings. The molecule has 0 aliphatic carbocycles. The fourth-order valence-corrected chi connectivity index (χ4v) is 9.87. The van der Waals surface area contributed by atoms with Crippen LogP contribution in [0.2, 0.25) is 0 Å². The molecule has 0 saturated carbocycles. The summed E-state index contributed by atoms with van der Waals surface area (Å²) in [6.45, 7) is 20.7. The van der Waals surface area contributed by atoms with Gasteiger partial charge in [0.15, 0.2) is 0 Å². The number of pyridine rings is 1. The number of allylic oxidation sites excluding steroid dienone is 2. The molecule has 0 bridgehead atoms. The molecule has 0 saturated heterocycles. The number of para-hydroxylation sites is 1. The zero-order valence-electron chi connectivity index (χ0n) is 39.0. The Hall–Kier alpha value is -7.37. The predicted octanol–water partition coefficient (Wildman–Crippen LogP) is 16.0. The van der Waals surface area contributed by atoms with E-state index >= 15 is 0 Å². The third-order valence-electron chi connectivity index (χ3n) is 13.5. The summed E-state index contributed by atoms with van der Waals surface area (Å²) in [6, 6.07) is 57.1. The summed E-state index contributed by atoms with van der Waals surface area (Å²) in [5, 5.41) is 2.36. The minimum atomic E-state index is 0.000157. The molecular formula is C60H56N4O. The van der Waals surface area contributed by atoms with Crippen LogP contribution in [0.1, 0.15) is 62.4 Å². The van der Waals surface area contributed by atoms with Crippen LogP contribution in [0.5, 0.6) is 11.5 Å². The number of fused-ring (bicyclic) bond motifs is 3. The Bertz CT molecular complexity index is 3220. The lowest BCUT2D eigenvalue weighted by Gasteiger charge is -2.24. The van der Waals surface area contributed by atoms with Crippen LogP contribution in [0.4, 0.5) is 11.4 Å². The predicted molar refractivity (Wildman–Crippen MR) is 274 cm³/mol. The smallest absolute Gasteiger partial charge is 0.137 e. The highest BCUT2D eigenvalue weighted by Gasteiger charge is 2.26. The fourth-order valence-electron chi connectivity index (χ4n) is 9.87. The van der Waals surface area contributed by atoms with Gasteiger partial charge in [-0.2, -0.15) is 0 Å². The monoisotopic (exact) mass is 848 g/mol. The summed E-state index contributed by atoms with van der Waals surface area (Å²) in [5.74, 6) is 2.46. The van der Waals surface area contributed by atoms with Gasteiger partial charge >= 0.3 is 0 Å². The van der Waals surface area contributed by atoms with Crippen LogP contribution >= 0.6 is 0 Å². The molecule has 0 fully saturated rings. The maximum absolute atomic E-state index is 6.69. The molecule has 0 radical (unpaired) electrons. The molecule has 322 valence electrons. The number of hydrogen-bond donors (Lipinski definition) is 0. The van der Waals surface area contributed by atoms with E-state index in [0.717, 1.165) is 39.7 Å². The van der Waals surface area contributed by atoms with Crippen LogP contribution < -0.4 is 14.5 Å². The minimum Gasteiger partial charge on any atom is -0.457 e. The first-order chi connectivity index (χ1) is 31.3. The van der Waals surface area contributed by atoms with Crippen molar-refractivity contribution in [1.29, 1.82) is 0 Å². The first-order valence-corrected chi connectivity index (χ1v) is 22.7.